The number of hydrogen-bond donors (Lipinski definition) is 1. The molecule has 74 heavy (non-hydrogen) atoms. The number of ether oxygens (including phenoxy) is 3. The predicted molar refractivity (Wildman–Crippen MR) is 296 cm³/mol. The molecule has 0 radical (unpaired) electrons. The highest BCUT2D eigenvalue weighted by atomic mass is 79.9. The van der Waals surface area contributed by atoms with Crippen LogP contribution in [0, 0.1) is 13.8 Å². The van der Waals surface area contributed by atoms with E-state index in [1.54, 1.807) is 72.4 Å². The van der Waals surface area contributed by atoms with Gasteiger partial charge in [0.05, 0.1) is 55.1 Å². The number of rotatable bonds is 16. The van der Waals surface area contributed by atoms with Gasteiger partial charge < -0.3 is 19.5 Å². The molecule has 0 aliphatic carbocycles. The third-order valence-corrected chi connectivity index (χ3v) is 11.8. The Hall–Kier alpha value is -6.82. The second-order valence-corrected chi connectivity index (χ2v) is 18.7. The summed E-state index contributed by atoms with van der Waals surface area (Å²) in [6.07, 6.45) is 9.60. The van der Waals surface area contributed by atoms with Gasteiger partial charge in [0, 0.05) is 51.5 Å². The number of carbonyl (C=O) groups is 2. The summed E-state index contributed by atoms with van der Waals surface area (Å²) in [5, 5.41) is 5.50. The molecule has 3 aromatic heterocycles. The lowest BCUT2D eigenvalue weighted by molar-refractivity contribution is -0.138. The minimum atomic E-state index is -0.535. The summed E-state index contributed by atoms with van der Waals surface area (Å²) in [5.41, 5.74) is 3.38. The number of nitrogens with zero attached hydrogens (tertiary/aromatic N) is 6. The minimum Gasteiger partial charge on any atom is -0.489 e. The first-order chi connectivity index (χ1) is 35.3. The van der Waals surface area contributed by atoms with Gasteiger partial charge in [-0.05, 0) is 141 Å². The molecular weight excluding hydrogens is 1100 g/mol. The second kappa shape index (κ2) is 28.6. The van der Waals surface area contributed by atoms with E-state index in [0.29, 0.717) is 72.3 Å². The maximum Gasteiger partial charge on any atom is 0.330 e. The van der Waals surface area contributed by atoms with Crippen molar-refractivity contribution < 1.29 is 23.8 Å². The highest BCUT2D eigenvalue weighted by molar-refractivity contribution is 9.10. The normalized spacial score (nSPS) is 10.9. The standard InChI is InChI=1S/C25H25Cl2N3O4.C17H17ClN2O3.C12H10BrClN2O/c1-4-33-23(31)12-7-18-14-28-25(29-20-10-11-22(21(27)13-20)34-16(2)3)30(24(18)32)15-17-5-8-19(26)9-6-17;1-3-23-16(21)9-6-14-10-19-12(2)20(17(14)22)11-13-4-7-15(18)8-5-13;1-8-15-6-11(13)12(17)16(8)7-9-2-4-10(14)5-3-9/h5-14,16H,4,15H2,1-3H3,(H,28,29);4-10H,3,11H2,1-2H3;2-6H,7H2,1H3/b12-7+;9-6+;. The first-order valence-electron chi connectivity index (χ1n) is 22.9. The van der Waals surface area contributed by atoms with Crippen molar-refractivity contribution in [2.75, 3.05) is 18.5 Å². The van der Waals surface area contributed by atoms with Crippen molar-refractivity contribution in [2.45, 2.75) is 67.3 Å². The Morgan fingerprint density at radius 3 is 1.47 bits per heavy atom. The van der Waals surface area contributed by atoms with E-state index < -0.39 is 11.9 Å². The van der Waals surface area contributed by atoms with E-state index >= 15 is 0 Å². The summed E-state index contributed by atoms with van der Waals surface area (Å²) >= 11 is 27.2. The van der Waals surface area contributed by atoms with Crippen molar-refractivity contribution in [3.05, 3.63) is 217 Å². The van der Waals surface area contributed by atoms with Gasteiger partial charge in [0.15, 0.2) is 0 Å². The molecule has 15 nitrogen and oxygen atoms in total. The molecule has 386 valence electrons. The molecule has 0 saturated heterocycles. The Balaban J connectivity index is 0.000000219. The summed E-state index contributed by atoms with van der Waals surface area (Å²) in [5.74, 6) is 1.13. The van der Waals surface area contributed by atoms with Gasteiger partial charge >= 0.3 is 11.9 Å². The average molecular weight is 1150 g/mol. The van der Waals surface area contributed by atoms with Crippen LogP contribution < -0.4 is 26.7 Å². The van der Waals surface area contributed by atoms with Crippen LogP contribution in [0.15, 0.2) is 141 Å². The Bertz CT molecular complexity index is 3290. The van der Waals surface area contributed by atoms with Crippen LogP contribution in [0.4, 0.5) is 11.6 Å². The van der Waals surface area contributed by atoms with Gasteiger partial charge in [-0.1, -0.05) is 82.8 Å². The van der Waals surface area contributed by atoms with E-state index in [9.17, 15) is 24.0 Å². The van der Waals surface area contributed by atoms with Crippen molar-refractivity contribution in [1.29, 1.82) is 0 Å². The lowest BCUT2D eigenvalue weighted by Gasteiger charge is -2.16. The summed E-state index contributed by atoms with van der Waals surface area (Å²) < 4.78 is 20.5. The van der Waals surface area contributed by atoms with Crippen molar-refractivity contribution in [3.8, 4) is 5.75 Å². The first-order valence-corrected chi connectivity index (χ1v) is 25.2. The molecule has 0 aliphatic heterocycles. The summed E-state index contributed by atoms with van der Waals surface area (Å²) in [6, 6.07) is 27.1. The minimum absolute atomic E-state index is 0.0160. The molecule has 7 rings (SSSR count). The van der Waals surface area contributed by atoms with Crippen LogP contribution in [0.25, 0.3) is 12.2 Å². The van der Waals surface area contributed by atoms with Gasteiger partial charge in [-0.3, -0.25) is 28.1 Å². The van der Waals surface area contributed by atoms with E-state index in [2.05, 4.69) is 36.2 Å². The number of esters is 2. The fourth-order valence-electron chi connectivity index (χ4n) is 6.57. The zero-order valence-corrected chi connectivity index (χ0v) is 45.8. The number of carbonyl (C=O) groups excluding carboxylic acids is 2. The van der Waals surface area contributed by atoms with Crippen molar-refractivity contribution in [2.24, 2.45) is 0 Å². The van der Waals surface area contributed by atoms with Gasteiger partial charge in [-0.2, -0.15) is 0 Å². The monoisotopic (exact) mass is 1150 g/mol. The molecule has 0 amide bonds. The number of benzene rings is 4. The van der Waals surface area contributed by atoms with E-state index in [1.807, 2.05) is 69.3 Å². The van der Waals surface area contributed by atoms with Crippen molar-refractivity contribution in [3.63, 3.8) is 0 Å². The van der Waals surface area contributed by atoms with Crippen LogP contribution in [-0.2, 0) is 38.7 Å². The Morgan fingerprint density at radius 2 is 1.03 bits per heavy atom. The largest absolute Gasteiger partial charge is 0.489 e. The smallest absolute Gasteiger partial charge is 0.330 e. The van der Waals surface area contributed by atoms with Crippen LogP contribution in [-0.4, -0.2) is 59.9 Å². The van der Waals surface area contributed by atoms with Crippen molar-refractivity contribution >= 4 is 98.1 Å². The van der Waals surface area contributed by atoms with Crippen LogP contribution >= 0.6 is 62.3 Å². The maximum atomic E-state index is 13.3. The fraction of sp³-hybridized carbons (Fsp3) is 0.222. The van der Waals surface area contributed by atoms with Crippen LogP contribution in [0.5, 0.6) is 5.75 Å². The number of nitrogens with one attached hydrogen (secondary N) is 1. The molecule has 0 fully saturated rings. The van der Waals surface area contributed by atoms with Gasteiger partial charge in [0.25, 0.3) is 16.7 Å². The lowest BCUT2D eigenvalue weighted by Crippen LogP contribution is -2.26. The Kier molecular flexibility index (Phi) is 22.4. The molecule has 0 bridgehead atoms. The molecule has 0 unspecified atom stereocenters. The quantitative estimate of drug-likeness (QED) is 0.0716. The zero-order chi connectivity index (χ0) is 53.9. The summed E-state index contributed by atoms with van der Waals surface area (Å²) in [7, 11) is 0. The molecule has 0 atom stereocenters. The van der Waals surface area contributed by atoms with Gasteiger partial charge in [0.1, 0.15) is 21.9 Å². The molecular formula is C54H52BrCl4N7O8. The predicted octanol–water partition coefficient (Wildman–Crippen LogP) is 11.6. The molecule has 7 aromatic rings. The fourth-order valence-corrected chi connectivity index (χ4v) is 7.49. The van der Waals surface area contributed by atoms with Crippen LogP contribution in [0.2, 0.25) is 20.1 Å². The van der Waals surface area contributed by atoms with Gasteiger partial charge in [-0.15, -0.1) is 0 Å². The lowest BCUT2D eigenvalue weighted by atomic mass is 10.2. The van der Waals surface area contributed by atoms with Crippen LogP contribution in [0.1, 0.15) is 67.2 Å². The van der Waals surface area contributed by atoms with E-state index in [1.165, 1.54) is 47.5 Å². The molecule has 3 heterocycles. The topological polar surface area (TPSA) is 179 Å². The molecule has 0 aliphatic rings. The molecule has 20 heteroatoms. The number of hydrogen-bond acceptors (Lipinski definition) is 12. The van der Waals surface area contributed by atoms with E-state index in [0.717, 1.165) is 16.7 Å². The Morgan fingerprint density at radius 1 is 0.608 bits per heavy atom. The first kappa shape index (κ1) is 58.1. The van der Waals surface area contributed by atoms with Gasteiger partial charge in [-0.25, -0.2) is 24.5 Å². The maximum absolute atomic E-state index is 13.3. The van der Waals surface area contributed by atoms with E-state index in [-0.39, 0.29) is 48.1 Å². The number of aromatic nitrogens is 6. The van der Waals surface area contributed by atoms with Crippen LogP contribution in [0.3, 0.4) is 0 Å². The Labute approximate surface area is 456 Å². The molecule has 0 spiro atoms. The highest BCUT2D eigenvalue weighted by Crippen LogP contribution is 2.30. The van der Waals surface area contributed by atoms with Gasteiger partial charge in [0.2, 0.25) is 5.95 Å². The number of anilines is 2. The van der Waals surface area contributed by atoms with Crippen molar-refractivity contribution in [1.82, 2.24) is 28.7 Å². The number of aryl methyl sites for hydroxylation is 2. The summed E-state index contributed by atoms with van der Waals surface area (Å²) in [6.45, 7) is 12.5. The molecule has 4 aromatic carbocycles. The average Bonchev–Trinajstić information content (AvgIpc) is 3.36. The third-order valence-electron chi connectivity index (χ3n) is 10.2. The third kappa shape index (κ3) is 17.7. The summed E-state index contributed by atoms with van der Waals surface area (Å²) in [4.78, 5) is 73.5. The zero-order valence-electron chi connectivity index (χ0n) is 41.2. The highest BCUT2D eigenvalue weighted by Gasteiger charge is 2.14. The SMILES string of the molecule is CCOC(=O)/C=C/c1cnc(C)n(Cc2ccc(Cl)cc2)c1=O.CCOC(=O)/C=C/c1cnc(Nc2ccc(OC(C)C)c(Cl)c2)n(Cc2ccc(Cl)cc2)c1=O.Cc1ncc(Br)c(=O)n1Cc1ccc(Cl)cc1. The van der Waals surface area contributed by atoms with E-state index in [4.69, 9.17) is 60.6 Å². The number of halogens is 5. The second-order valence-electron chi connectivity index (χ2n) is 16.1. The molecule has 1 N–H and O–H groups in total. The molecule has 0 saturated carbocycles.